The van der Waals surface area contributed by atoms with Gasteiger partial charge >= 0.3 is 0 Å². The Morgan fingerprint density at radius 2 is 1.65 bits per heavy atom. The molecule has 2 N–H and O–H groups in total. The number of nitrogens with one attached hydrogen (secondary N) is 2. The van der Waals surface area contributed by atoms with Crippen LogP contribution in [-0.4, -0.2) is 50.0 Å². The highest BCUT2D eigenvalue weighted by molar-refractivity contribution is 7.09. The van der Waals surface area contributed by atoms with Crippen molar-refractivity contribution >= 4 is 28.9 Å². The molecule has 1 aliphatic rings. The molecule has 1 fully saturated rings. The molecule has 2 amide bonds. The van der Waals surface area contributed by atoms with Crippen molar-refractivity contribution in [3.8, 4) is 17.2 Å². The Morgan fingerprint density at radius 1 is 1.03 bits per heavy atom. The SMILES string of the molecule is COc1cc(C(=O)NC(c2nc(C(=O)NC3CCC(=O)CC3)cs2)C(C)C)cc(OC)c1OC. The predicted octanol–water partition coefficient (Wildman–Crippen LogP) is 3.54. The van der Waals surface area contributed by atoms with Gasteiger partial charge < -0.3 is 24.8 Å². The number of thiazole rings is 1. The Kier molecular flexibility index (Phi) is 8.49. The zero-order valence-corrected chi connectivity index (χ0v) is 20.9. The molecule has 0 saturated heterocycles. The number of ether oxygens (including phenoxy) is 3. The number of rotatable bonds is 9. The van der Waals surface area contributed by atoms with Crippen LogP contribution in [-0.2, 0) is 4.79 Å². The van der Waals surface area contributed by atoms with Crippen LogP contribution in [0.4, 0.5) is 0 Å². The molecule has 1 unspecified atom stereocenters. The smallest absolute Gasteiger partial charge is 0.270 e. The van der Waals surface area contributed by atoms with Gasteiger partial charge in [-0.05, 0) is 30.9 Å². The number of hydrogen-bond donors (Lipinski definition) is 2. The Hall–Kier alpha value is -3.14. The van der Waals surface area contributed by atoms with Crippen molar-refractivity contribution in [2.45, 2.75) is 51.6 Å². The Balaban J connectivity index is 1.75. The summed E-state index contributed by atoms with van der Waals surface area (Å²) >= 11 is 1.33. The van der Waals surface area contributed by atoms with Crippen molar-refractivity contribution in [2.75, 3.05) is 21.3 Å². The number of ketones is 1. The van der Waals surface area contributed by atoms with Crippen LogP contribution in [0.5, 0.6) is 17.2 Å². The van der Waals surface area contributed by atoms with E-state index in [0.29, 0.717) is 59.2 Å². The quantitative estimate of drug-likeness (QED) is 0.553. The molecular weight excluding hydrogens is 458 g/mol. The molecular formula is C24H31N3O6S. The number of hydrogen-bond acceptors (Lipinski definition) is 8. The van der Waals surface area contributed by atoms with Crippen LogP contribution in [0.25, 0.3) is 0 Å². The van der Waals surface area contributed by atoms with Gasteiger partial charge in [-0.25, -0.2) is 4.98 Å². The van der Waals surface area contributed by atoms with Crippen LogP contribution in [0.2, 0.25) is 0 Å². The average Bonchev–Trinajstić information content (AvgIpc) is 3.32. The zero-order chi connectivity index (χ0) is 24.8. The van der Waals surface area contributed by atoms with E-state index in [1.165, 1.54) is 32.7 Å². The van der Waals surface area contributed by atoms with E-state index in [2.05, 4.69) is 15.6 Å². The highest BCUT2D eigenvalue weighted by Gasteiger charge is 2.26. The molecule has 0 aliphatic heterocycles. The molecule has 9 nitrogen and oxygen atoms in total. The van der Waals surface area contributed by atoms with Crippen LogP contribution >= 0.6 is 11.3 Å². The fourth-order valence-corrected chi connectivity index (χ4v) is 4.85. The highest BCUT2D eigenvalue weighted by Crippen LogP contribution is 2.38. The molecule has 1 atom stereocenters. The standard InChI is InChI=1S/C24H31N3O6S/c1-13(2)20(27-22(29)14-10-18(31-3)21(33-5)19(11-14)32-4)24-26-17(12-34-24)23(30)25-15-6-8-16(28)9-7-15/h10-13,15,20H,6-9H2,1-5H3,(H,25,30)(H,27,29). The summed E-state index contributed by atoms with van der Waals surface area (Å²) in [5, 5.41) is 8.31. The molecule has 0 bridgehead atoms. The van der Waals surface area contributed by atoms with Crippen LogP contribution < -0.4 is 24.8 Å². The summed E-state index contributed by atoms with van der Waals surface area (Å²) in [7, 11) is 4.48. The first-order valence-electron chi connectivity index (χ1n) is 11.2. The monoisotopic (exact) mass is 489 g/mol. The predicted molar refractivity (Wildman–Crippen MR) is 128 cm³/mol. The molecule has 1 aromatic carbocycles. The van der Waals surface area contributed by atoms with E-state index in [0.717, 1.165) is 0 Å². The molecule has 2 aromatic rings. The summed E-state index contributed by atoms with van der Waals surface area (Å²) in [5.74, 6) is 0.837. The van der Waals surface area contributed by atoms with Crippen LogP contribution in [0.1, 0.15) is 71.4 Å². The fraction of sp³-hybridized carbons (Fsp3) is 0.500. The lowest BCUT2D eigenvalue weighted by atomic mass is 9.94. The molecule has 34 heavy (non-hydrogen) atoms. The van der Waals surface area contributed by atoms with E-state index >= 15 is 0 Å². The number of carbonyl (C=O) groups excluding carboxylic acids is 3. The van der Waals surface area contributed by atoms with Gasteiger partial charge in [0.25, 0.3) is 11.8 Å². The maximum atomic E-state index is 13.1. The lowest BCUT2D eigenvalue weighted by Crippen LogP contribution is -2.38. The van der Waals surface area contributed by atoms with E-state index in [-0.39, 0.29) is 29.6 Å². The third-order valence-corrected chi connectivity index (χ3v) is 6.71. The lowest BCUT2D eigenvalue weighted by Gasteiger charge is -2.22. The fourth-order valence-electron chi connectivity index (χ4n) is 3.83. The minimum Gasteiger partial charge on any atom is -0.493 e. The molecule has 1 aliphatic carbocycles. The zero-order valence-electron chi connectivity index (χ0n) is 20.1. The first-order valence-corrected chi connectivity index (χ1v) is 12.0. The molecule has 3 rings (SSSR count). The van der Waals surface area contributed by atoms with Gasteiger partial charge in [0.2, 0.25) is 5.75 Å². The molecule has 1 heterocycles. The average molecular weight is 490 g/mol. The second kappa shape index (κ2) is 11.3. The van der Waals surface area contributed by atoms with Gasteiger partial charge in [-0.2, -0.15) is 0 Å². The van der Waals surface area contributed by atoms with Crippen molar-refractivity contribution < 1.29 is 28.6 Å². The van der Waals surface area contributed by atoms with Crippen molar-refractivity contribution in [2.24, 2.45) is 5.92 Å². The van der Waals surface area contributed by atoms with Gasteiger partial charge in [-0.15, -0.1) is 11.3 Å². The molecule has 1 saturated carbocycles. The normalized spacial score (nSPS) is 15.1. The van der Waals surface area contributed by atoms with Gasteiger partial charge in [0.15, 0.2) is 11.5 Å². The highest BCUT2D eigenvalue weighted by atomic mass is 32.1. The maximum Gasteiger partial charge on any atom is 0.270 e. The third-order valence-electron chi connectivity index (χ3n) is 5.78. The van der Waals surface area contributed by atoms with Gasteiger partial charge in [0.1, 0.15) is 16.5 Å². The van der Waals surface area contributed by atoms with E-state index < -0.39 is 6.04 Å². The Bertz CT molecular complexity index is 1020. The minimum atomic E-state index is -0.398. The number of amides is 2. The molecule has 0 spiro atoms. The summed E-state index contributed by atoms with van der Waals surface area (Å²) in [6, 6.07) is 2.76. The lowest BCUT2D eigenvalue weighted by molar-refractivity contribution is -0.120. The van der Waals surface area contributed by atoms with Gasteiger partial charge in [0.05, 0.1) is 27.4 Å². The number of benzene rings is 1. The Morgan fingerprint density at radius 3 is 2.18 bits per heavy atom. The number of aromatic nitrogens is 1. The molecule has 1 aromatic heterocycles. The summed E-state index contributed by atoms with van der Waals surface area (Å²) in [6.07, 6.45) is 2.30. The van der Waals surface area contributed by atoms with Gasteiger partial charge in [-0.1, -0.05) is 13.8 Å². The van der Waals surface area contributed by atoms with Crippen LogP contribution in [0.15, 0.2) is 17.5 Å². The largest absolute Gasteiger partial charge is 0.493 e. The van der Waals surface area contributed by atoms with Crippen molar-refractivity contribution in [1.82, 2.24) is 15.6 Å². The second-order valence-electron chi connectivity index (χ2n) is 8.47. The second-order valence-corrected chi connectivity index (χ2v) is 9.36. The molecule has 0 radical (unpaired) electrons. The van der Waals surface area contributed by atoms with Crippen LogP contribution in [0.3, 0.4) is 0 Å². The molecule has 10 heteroatoms. The minimum absolute atomic E-state index is 0.0176. The van der Waals surface area contributed by atoms with Crippen molar-refractivity contribution in [1.29, 1.82) is 0 Å². The van der Waals surface area contributed by atoms with E-state index in [1.54, 1.807) is 17.5 Å². The summed E-state index contributed by atoms with van der Waals surface area (Å²) in [6.45, 7) is 3.95. The van der Waals surface area contributed by atoms with E-state index in [9.17, 15) is 14.4 Å². The Labute approximate surface area is 203 Å². The first kappa shape index (κ1) is 25.5. The summed E-state index contributed by atoms with van der Waals surface area (Å²) in [4.78, 5) is 41.7. The topological polar surface area (TPSA) is 116 Å². The number of Topliss-reactive ketones (excluding diaryl/α,β-unsaturated/α-hetero) is 1. The van der Waals surface area contributed by atoms with E-state index in [1.807, 2.05) is 13.8 Å². The number of nitrogens with zero attached hydrogens (tertiary/aromatic N) is 1. The van der Waals surface area contributed by atoms with Crippen molar-refractivity contribution in [3.63, 3.8) is 0 Å². The summed E-state index contributed by atoms with van der Waals surface area (Å²) < 4.78 is 16.0. The van der Waals surface area contributed by atoms with Gasteiger partial charge in [0, 0.05) is 29.8 Å². The van der Waals surface area contributed by atoms with E-state index in [4.69, 9.17) is 14.2 Å². The van der Waals surface area contributed by atoms with Crippen LogP contribution in [0, 0.1) is 5.92 Å². The number of carbonyl (C=O) groups is 3. The third kappa shape index (κ3) is 5.85. The van der Waals surface area contributed by atoms with Crippen molar-refractivity contribution in [3.05, 3.63) is 33.8 Å². The first-order chi connectivity index (χ1) is 16.3. The number of methoxy groups -OCH3 is 3. The molecule has 184 valence electrons. The summed E-state index contributed by atoms with van der Waals surface area (Å²) in [5.41, 5.74) is 0.658. The van der Waals surface area contributed by atoms with Gasteiger partial charge in [-0.3, -0.25) is 14.4 Å². The maximum absolute atomic E-state index is 13.1.